The Labute approximate surface area is 152 Å². The SMILES string of the molecule is COc1ccc(OC)c(C2=NO[C@@H](C(=O)N[C@H](C)c3ccccc3)C2)c1. The summed E-state index contributed by atoms with van der Waals surface area (Å²) in [4.78, 5) is 17.9. The summed E-state index contributed by atoms with van der Waals surface area (Å²) in [5.41, 5.74) is 2.46. The van der Waals surface area contributed by atoms with E-state index in [0.717, 1.165) is 11.1 Å². The lowest BCUT2D eigenvalue weighted by molar-refractivity contribution is -0.131. The van der Waals surface area contributed by atoms with Crippen LogP contribution in [0.3, 0.4) is 0 Å². The highest BCUT2D eigenvalue weighted by Crippen LogP contribution is 2.28. The fourth-order valence-corrected chi connectivity index (χ4v) is 2.85. The van der Waals surface area contributed by atoms with E-state index >= 15 is 0 Å². The number of carbonyl (C=O) groups is 1. The number of nitrogens with zero attached hydrogens (tertiary/aromatic N) is 1. The lowest BCUT2D eigenvalue weighted by Crippen LogP contribution is -2.36. The van der Waals surface area contributed by atoms with Crippen LogP contribution in [0.4, 0.5) is 0 Å². The van der Waals surface area contributed by atoms with E-state index in [1.807, 2.05) is 55.5 Å². The fraction of sp³-hybridized carbons (Fsp3) is 0.300. The van der Waals surface area contributed by atoms with E-state index in [1.165, 1.54) is 0 Å². The smallest absolute Gasteiger partial charge is 0.264 e. The van der Waals surface area contributed by atoms with Gasteiger partial charge in [0, 0.05) is 12.0 Å². The predicted octanol–water partition coefficient (Wildman–Crippen LogP) is 3.07. The number of amides is 1. The van der Waals surface area contributed by atoms with Gasteiger partial charge in [0.25, 0.3) is 5.91 Å². The number of oxime groups is 1. The van der Waals surface area contributed by atoms with E-state index in [-0.39, 0.29) is 11.9 Å². The number of nitrogens with one attached hydrogen (secondary N) is 1. The van der Waals surface area contributed by atoms with E-state index in [4.69, 9.17) is 14.3 Å². The molecule has 0 bridgehead atoms. The van der Waals surface area contributed by atoms with Crippen molar-refractivity contribution < 1.29 is 19.1 Å². The molecule has 0 aliphatic carbocycles. The Kier molecular flexibility index (Phi) is 5.41. The Hall–Kier alpha value is -3.02. The van der Waals surface area contributed by atoms with Crippen LogP contribution >= 0.6 is 0 Å². The van der Waals surface area contributed by atoms with Crippen molar-refractivity contribution >= 4 is 11.6 Å². The molecular formula is C20H22N2O4. The van der Waals surface area contributed by atoms with Gasteiger partial charge in [0.1, 0.15) is 11.5 Å². The van der Waals surface area contributed by atoms with Crippen LogP contribution in [0.25, 0.3) is 0 Å². The lowest BCUT2D eigenvalue weighted by Gasteiger charge is -2.16. The molecule has 1 amide bonds. The van der Waals surface area contributed by atoms with Crippen molar-refractivity contribution in [1.82, 2.24) is 5.32 Å². The quantitative estimate of drug-likeness (QED) is 0.866. The summed E-state index contributed by atoms with van der Waals surface area (Å²) in [5.74, 6) is 1.16. The number of hydrogen-bond donors (Lipinski definition) is 1. The van der Waals surface area contributed by atoms with Gasteiger partial charge >= 0.3 is 0 Å². The molecule has 0 saturated carbocycles. The van der Waals surface area contributed by atoms with Crippen LogP contribution in [0.1, 0.15) is 30.5 Å². The van der Waals surface area contributed by atoms with Crippen LogP contribution in [0.5, 0.6) is 11.5 Å². The first-order valence-corrected chi connectivity index (χ1v) is 8.42. The topological polar surface area (TPSA) is 69.1 Å². The van der Waals surface area contributed by atoms with E-state index in [1.54, 1.807) is 14.2 Å². The maximum Gasteiger partial charge on any atom is 0.264 e. The van der Waals surface area contributed by atoms with Crippen molar-refractivity contribution in [2.24, 2.45) is 5.16 Å². The van der Waals surface area contributed by atoms with Crippen LogP contribution in [-0.4, -0.2) is 31.9 Å². The van der Waals surface area contributed by atoms with Crippen LogP contribution in [-0.2, 0) is 9.63 Å². The molecule has 2 atom stereocenters. The van der Waals surface area contributed by atoms with Crippen molar-refractivity contribution in [2.75, 3.05) is 14.2 Å². The van der Waals surface area contributed by atoms with Gasteiger partial charge in [-0.2, -0.15) is 0 Å². The van der Waals surface area contributed by atoms with Crippen LogP contribution < -0.4 is 14.8 Å². The minimum atomic E-state index is -0.660. The summed E-state index contributed by atoms with van der Waals surface area (Å²) in [6.07, 6.45) is -0.288. The van der Waals surface area contributed by atoms with Gasteiger partial charge in [0.2, 0.25) is 6.10 Å². The Bertz CT molecular complexity index is 805. The Balaban J connectivity index is 1.67. The number of methoxy groups -OCH3 is 2. The molecule has 0 unspecified atom stereocenters. The summed E-state index contributed by atoms with van der Waals surface area (Å²) in [5, 5.41) is 7.06. The van der Waals surface area contributed by atoms with Crippen molar-refractivity contribution in [3.05, 3.63) is 59.7 Å². The first-order chi connectivity index (χ1) is 12.6. The van der Waals surface area contributed by atoms with Crippen LogP contribution in [0, 0.1) is 0 Å². The van der Waals surface area contributed by atoms with Crippen molar-refractivity contribution in [3.8, 4) is 11.5 Å². The predicted molar refractivity (Wildman–Crippen MR) is 98.6 cm³/mol. The molecule has 0 radical (unpaired) electrons. The van der Waals surface area contributed by atoms with Crippen molar-refractivity contribution in [3.63, 3.8) is 0 Å². The van der Waals surface area contributed by atoms with Crippen molar-refractivity contribution in [2.45, 2.75) is 25.5 Å². The van der Waals surface area contributed by atoms with Gasteiger partial charge in [-0.1, -0.05) is 35.5 Å². The second-order valence-electron chi connectivity index (χ2n) is 6.04. The number of carbonyl (C=O) groups excluding carboxylic acids is 1. The molecule has 0 fully saturated rings. The van der Waals surface area contributed by atoms with E-state index in [9.17, 15) is 4.79 Å². The average molecular weight is 354 g/mol. The zero-order valence-electron chi connectivity index (χ0n) is 15.1. The minimum absolute atomic E-state index is 0.109. The van der Waals surface area contributed by atoms with Crippen molar-refractivity contribution in [1.29, 1.82) is 0 Å². The second kappa shape index (κ2) is 7.91. The molecule has 1 heterocycles. The third kappa shape index (κ3) is 3.79. The monoisotopic (exact) mass is 354 g/mol. The molecular weight excluding hydrogens is 332 g/mol. The first-order valence-electron chi connectivity index (χ1n) is 8.42. The van der Waals surface area contributed by atoms with E-state index < -0.39 is 6.10 Å². The first kappa shape index (κ1) is 17.8. The fourth-order valence-electron chi connectivity index (χ4n) is 2.85. The Morgan fingerprint density at radius 2 is 1.96 bits per heavy atom. The summed E-state index contributed by atoms with van der Waals surface area (Å²) in [6, 6.07) is 15.1. The molecule has 1 aliphatic heterocycles. The Morgan fingerprint density at radius 1 is 1.19 bits per heavy atom. The summed E-state index contributed by atoms with van der Waals surface area (Å²) in [6.45, 7) is 1.94. The lowest BCUT2D eigenvalue weighted by atomic mass is 10.0. The third-order valence-corrected chi connectivity index (χ3v) is 4.34. The molecule has 3 rings (SSSR count). The molecule has 136 valence electrons. The zero-order chi connectivity index (χ0) is 18.5. The number of rotatable bonds is 6. The molecule has 26 heavy (non-hydrogen) atoms. The highest BCUT2D eigenvalue weighted by Gasteiger charge is 2.31. The van der Waals surface area contributed by atoms with E-state index in [2.05, 4.69) is 10.5 Å². The maximum absolute atomic E-state index is 12.5. The summed E-state index contributed by atoms with van der Waals surface area (Å²) in [7, 11) is 3.19. The van der Waals surface area contributed by atoms with Gasteiger partial charge in [0.05, 0.1) is 26.0 Å². The van der Waals surface area contributed by atoms with Crippen LogP contribution in [0.15, 0.2) is 53.7 Å². The van der Waals surface area contributed by atoms with Gasteiger partial charge in [0.15, 0.2) is 0 Å². The minimum Gasteiger partial charge on any atom is -0.497 e. The van der Waals surface area contributed by atoms with Crippen LogP contribution in [0.2, 0.25) is 0 Å². The molecule has 0 spiro atoms. The Morgan fingerprint density at radius 3 is 2.65 bits per heavy atom. The molecule has 1 aliphatic rings. The largest absolute Gasteiger partial charge is 0.497 e. The highest BCUT2D eigenvalue weighted by atomic mass is 16.6. The normalized spacial score (nSPS) is 17.0. The van der Waals surface area contributed by atoms with E-state index in [0.29, 0.717) is 23.6 Å². The van der Waals surface area contributed by atoms with Gasteiger partial charge in [-0.3, -0.25) is 4.79 Å². The van der Waals surface area contributed by atoms with Gasteiger partial charge in [-0.15, -0.1) is 0 Å². The molecule has 0 aromatic heterocycles. The third-order valence-electron chi connectivity index (χ3n) is 4.34. The molecule has 0 saturated heterocycles. The van der Waals surface area contributed by atoms with Gasteiger partial charge < -0.3 is 19.6 Å². The van der Waals surface area contributed by atoms with Gasteiger partial charge in [-0.05, 0) is 30.7 Å². The number of ether oxygens (including phenoxy) is 2. The molecule has 1 N–H and O–H groups in total. The number of benzene rings is 2. The molecule has 2 aromatic carbocycles. The zero-order valence-corrected chi connectivity index (χ0v) is 15.1. The molecule has 6 heteroatoms. The maximum atomic E-state index is 12.5. The summed E-state index contributed by atoms with van der Waals surface area (Å²) >= 11 is 0. The highest BCUT2D eigenvalue weighted by molar-refractivity contribution is 6.06. The summed E-state index contributed by atoms with van der Waals surface area (Å²) < 4.78 is 10.6. The number of hydrogen-bond acceptors (Lipinski definition) is 5. The molecule has 2 aromatic rings. The molecule has 6 nitrogen and oxygen atoms in total. The average Bonchev–Trinajstić information content (AvgIpc) is 3.18. The standard InChI is InChI=1S/C20H22N2O4/c1-13(14-7-5-4-6-8-14)21-20(23)19-12-17(22-26-19)16-11-15(24-2)9-10-18(16)25-3/h4-11,13,19H,12H2,1-3H3,(H,21,23)/t13-,19-/m1/s1. The second-order valence-corrected chi connectivity index (χ2v) is 6.04. The van der Waals surface area contributed by atoms with Gasteiger partial charge in [-0.25, -0.2) is 0 Å².